The zero-order chi connectivity index (χ0) is 10.5. The Hall–Kier alpha value is -0.150. The van der Waals surface area contributed by atoms with E-state index in [9.17, 15) is 4.79 Å². The van der Waals surface area contributed by atoms with Crippen LogP contribution < -0.4 is 0 Å². The first kappa shape index (κ1) is 10.4. The summed E-state index contributed by atoms with van der Waals surface area (Å²) in [6.07, 6.45) is 1.04. The summed E-state index contributed by atoms with van der Waals surface area (Å²) in [5.41, 5.74) is 0.238. The van der Waals surface area contributed by atoms with Crippen LogP contribution in [0.1, 0.15) is 34.8 Å². The summed E-state index contributed by atoms with van der Waals surface area (Å²) in [6.45, 7) is 6.35. The first-order chi connectivity index (χ1) is 6.42. The van der Waals surface area contributed by atoms with E-state index in [0.717, 1.165) is 15.8 Å². The maximum Gasteiger partial charge on any atom is 0.176 e. The molecule has 2 rings (SSSR count). The number of hydrogen-bond donors (Lipinski definition) is 0. The molecular weight excluding hydrogens is 260 g/mol. The van der Waals surface area contributed by atoms with Gasteiger partial charge in [0.15, 0.2) is 5.78 Å². The molecule has 0 saturated heterocycles. The maximum absolute atomic E-state index is 12.0. The first-order valence-corrected chi connectivity index (χ1v) is 6.33. The fourth-order valence-electron chi connectivity index (χ4n) is 1.67. The fourth-order valence-corrected chi connectivity index (χ4v) is 3.20. The van der Waals surface area contributed by atoms with Gasteiger partial charge < -0.3 is 0 Å². The van der Waals surface area contributed by atoms with Crippen LogP contribution in [-0.2, 0) is 0 Å². The molecule has 0 N–H and O–H groups in total. The van der Waals surface area contributed by atoms with Crippen molar-refractivity contribution >= 4 is 33.0 Å². The molecule has 1 nitrogen and oxygen atoms in total. The van der Waals surface area contributed by atoms with E-state index in [1.807, 2.05) is 13.0 Å². The lowest BCUT2D eigenvalue weighted by atomic mass is 10.1. The van der Waals surface area contributed by atoms with Gasteiger partial charge in [-0.05, 0) is 40.8 Å². The number of halogens is 1. The van der Waals surface area contributed by atoms with Crippen molar-refractivity contribution in [3.8, 4) is 0 Å². The van der Waals surface area contributed by atoms with Crippen molar-refractivity contribution in [3.05, 3.63) is 20.3 Å². The molecule has 1 fully saturated rings. The van der Waals surface area contributed by atoms with E-state index >= 15 is 0 Å². The number of carbonyl (C=O) groups is 1. The van der Waals surface area contributed by atoms with E-state index in [-0.39, 0.29) is 11.3 Å². The fraction of sp³-hybridized carbons (Fsp3) is 0.545. The maximum atomic E-state index is 12.0. The molecule has 0 aliphatic heterocycles. The van der Waals surface area contributed by atoms with Gasteiger partial charge >= 0.3 is 0 Å². The Kier molecular flexibility index (Phi) is 2.35. The van der Waals surface area contributed by atoms with E-state index < -0.39 is 0 Å². The Bertz CT molecular complexity index is 372. The molecule has 0 amide bonds. The number of carbonyl (C=O) groups excluding carboxylic acids is 1. The predicted molar refractivity (Wildman–Crippen MR) is 63.0 cm³/mol. The van der Waals surface area contributed by atoms with Crippen molar-refractivity contribution in [2.75, 3.05) is 0 Å². The van der Waals surface area contributed by atoms with Crippen molar-refractivity contribution in [2.45, 2.75) is 27.2 Å². The van der Waals surface area contributed by atoms with Crippen LogP contribution >= 0.6 is 27.3 Å². The summed E-state index contributed by atoms with van der Waals surface area (Å²) in [7, 11) is 0. The Morgan fingerprint density at radius 2 is 2.21 bits per heavy atom. The first-order valence-electron chi connectivity index (χ1n) is 4.72. The minimum absolute atomic E-state index is 0.238. The molecule has 1 saturated carbocycles. The topological polar surface area (TPSA) is 17.1 Å². The van der Waals surface area contributed by atoms with Crippen molar-refractivity contribution in [2.24, 2.45) is 11.3 Å². The van der Waals surface area contributed by atoms with Gasteiger partial charge in [0.1, 0.15) is 0 Å². The lowest BCUT2D eigenvalue weighted by Gasteiger charge is -1.99. The highest BCUT2D eigenvalue weighted by molar-refractivity contribution is 9.10. The van der Waals surface area contributed by atoms with E-state index in [4.69, 9.17) is 0 Å². The Balaban J connectivity index is 2.21. The average Bonchev–Trinajstić information content (AvgIpc) is 2.59. The van der Waals surface area contributed by atoms with Gasteiger partial charge in [0, 0.05) is 15.3 Å². The minimum Gasteiger partial charge on any atom is -0.293 e. The molecule has 76 valence electrons. The van der Waals surface area contributed by atoms with Crippen LogP contribution in [0.25, 0.3) is 0 Å². The SMILES string of the molecule is Cc1sc(C(=O)C2CC2(C)C)cc1Br. The quantitative estimate of drug-likeness (QED) is 0.743. The van der Waals surface area contributed by atoms with Gasteiger partial charge in [0.25, 0.3) is 0 Å². The zero-order valence-corrected chi connectivity index (χ0v) is 11.0. The van der Waals surface area contributed by atoms with Crippen LogP contribution in [0.15, 0.2) is 10.5 Å². The molecule has 0 aromatic carbocycles. The molecular formula is C11H13BrOS. The second-order valence-electron chi connectivity index (χ2n) is 4.62. The number of aryl methyl sites for hydroxylation is 1. The molecule has 1 atom stereocenters. The second-order valence-corrected chi connectivity index (χ2v) is 6.73. The Morgan fingerprint density at radius 1 is 1.64 bits per heavy atom. The lowest BCUT2D eigenvalue weighted by Crippen LogP contribution is -2.04. The lowest BCUT2D eigenvalue weighted by molar-refractivity contribution is 0.0957. The molecule has 14 heavy (non-hydrogen) atoms. The molecule has 0 bridgehead atoms. The number of Topliss-reactive ketones (excluding diaryl/α,β-unsaturated/α-hetero) is 1. The number of hydrogen-bond acceptors (Lipinski definition) is 2. The average molecular weight is 273 g/mol. The largest absolute Gasteiger partial charge is 0.293 e. The second kappa shape index (κ2) is 3.17. The smallest absolute Gasteiger partial charge is 0.176 e. The van der Waals surface area contributed by atoms with Crippen LogP contribution in [0.5, 0.6) is 0 Å². The third-order valence-electron chi connectivity index (χ3n) is 2.93. The van der Waals surface area contributed by atoms with E-state index in [1.165, 1.54) is 4.88 Å². The molecule has 0 spiro atoms. The molecule has 1 aliphatic rings. The highest BCUT2D eigenvalue weighted by Gasteiger charge is 2.50. The van der Waals surface area contributed by atoms with Gasteiger partial charge in [-0.2, -0.15) is 0 Å². The highest BCUT2D eigenvalue weighted by Crippen LogP contribution is 2.53. The molecule has 1 aromatic rings. The van der Waals surface area contributed by atoms with Gasteiger partial charge in [-0.25, -0.2) is 0 Å². The van der Waals surface area contributed by atoms with Crippen LogP contribution in [-0.4, -0.2) is 5.78 Å². The summed E-state index contributed by atoms with van der Waals surface area (Å²) in [5.74, 6) is 0.584. The molecule has 1 unspecified atom stereocenters. The summed E-state index contributed by atoms with van der Waals surface area (Å²) < 4.78 is 1.06. The molecule has 1 aromatic heterocycles. The van der Waals surface area contributed by atoms with Crippen molar-refractivity contribution < 1.29 is 4.79 Å². The van der Waals surface area contributed by atoms with Crippen LogP contribution in [0.2, 0.25) is 0 Å². The van der Waals surface area contributed by atoms with Crippen molar-refractivity contribution in [1.29, 1.82) is 0 Å². The van der Waals surface area contributed by atoms with Gasteiger partial charge in [-0.1, -0.05) is 13.8 Å². The van der Waals surface area contributed by atoms with Gasteiger partial charge in [-0.15, -0.1) is 11.3 Å². The van der Waals surface area contributed by atoms with Crippen molar-refractivity contribution in [3.63, 3.8) is 0 Å². The number of ketones is 1. The van der Waals surface area contributed by atoms with Gasteiger partial charge in [0.2, 0.25) is 0 Å². The summed E-state index contributed by atoms with van der Waals surface area (Å²) in [4.78, 5) is 14.1. The van der Waals surface area contributed by atoms with E-state index in [1.54, 1.807) is 11.3 Å². The van der Waals surface area contributed by atoms with Crippen LogP contribution in [0.3, 0.4) is 0 Å². The van der Waals surface area contributed by atoms with Gasteiger partial charge in [-0.3, -0.25) is 4.79 Å². The Labute approximate surface area is 96.6 Å². The minimum atomic E-state index is 0.238. The monoisotopic (exact) mass is 272 g/mol. The summed E-state index contributed by atoms with van der Waals surface area (Å²) in [5, 5.41) is 0. The van der Waals surface area contributed by atoms with Crippen LogP contribution in [0.4, 0.5) is 0 Å². The molecule has 0 radical (unpaired) electrons. The third kappa shape index (κ3) is 1.68. The molecule has 1 aliphatic carbocycles. The van der Waals surface area contributed by atoms with E-state index in [0.29, 0.717) is 5.78 Å². The summed E-state index contributed by atoms with van der Waals surface area (Å²) in [6, 6.07) is 1.96. The third-order valence-corrected chi connectivity index (χ3v) is 5.08. The van der Waals surface area contributed by atoms with Crippen molar-refractivity contribution in [1.82, 2.24) is 0 Å². The standard InChI is InChI=1S/C11H13BrOS/c1-6-8(12)4-9(14-6)10(13)7-5-11(7,2)3/h4,7H,5H2,1-3H3. The number of rotatable bonds is 2. The molecule has 3 heteroatoms. The van der Waals surface area contributed by atoms with Gasteiger partial charge in [0.05, 0.1) is 4.88 Å². The summed E-state index contributed by atoms with van der Waals surface area (Å²) >= 11 is 5.04. The van der Waals surface area contributed by atoms with E-state index in [2.05, 4.69) is 29.8 Å². The molecule has 1 heterocycles. The predicted octanol–water partition coefficient (Wildman–Crippen LogP) is 4.05. The zero-order valence-electron chi connectivity index (χ0n) is 8.56. The number of thiophene rings is 1. The Morgan fingerprint density at radius 3 is 2.57 bits per heavy atom. The normalized spacial score (nSPS) is 23.6. The highest BCUT2D eigenvalue weighted by atomic mass is 79.9. The van der Waals surface area contributed by atoms with Crippen LogP contribution in [0, 0.1) is 18.3 Å².